The fourth-order valence-corrected chi connectivity index (χ4v) is 2.03. The summed E-state index contributed by atoms with van der Waals surface area (Å²) in [6.45, 7) is 2.17. The maximum Gasteiger partial charge on any atom is 0.337 e. The number of aromatic carboxylic acids is 1. The van der Waals surface area contributed by atoms with Crippen molar-refractivity contribution in [3.8, 4) is 0 Å². The molecule has 1 aliphatic rings. The summed E-state index contributed by atoms with van der Waals surface area (Å²) in [5.74, 6) is 0.279. The second kappa shape index (κ2) is 4.61. The standard InChI is InChI=1S/C12H17N3O2/c1-2-3-7-4-10(7)15-11-5-8(12(16)17)9(13)6-14-11/h5-7,10H,2-4,13H2,1H3,(H,14,15)(H,16,17). The van der Waals surface area contributed by atoms with E-state index < -0.39 is 5.97 Å². The van der Waals surface area contributed by atoms with Crippen LogP contribution in [0, 0.1) is 5.92 Å². The molecule has 1 aromatic rings. The van der Waals surface area contributed by atoms with Gasteiger partial charge < -0.3 is 16.2 Å². The number of carboxylic acids is 1. The molecule has 1 heterocycles. The number of hydrogen-bond donors (Lipinski definition) is 3. The number of nitrogen functional groups attached to an aromatic ring is 1. The first kappa shape index (κ1) is 11.7. The van der Waals surface area contributed by atoms with Crippen LogP contribution in [0.15, 0.2) is 12.3 Å². The highest BCUT2D eigenvalue weighted by Gasteiger charge is 2.36. The Hall–Kier alpha value is -1.78. The lowest BCUT2D eigenvalue weighted by molar-refractivity contribution is 0.0698. The van der Waals surface area contributed by atoms with Crippen molar-refractivity contribution < 1.29 is 9.90 Å². The largest absolute Gasteiger partial charge is 0.478 e. The van der Waals surface area contributed by atoms with E-state index in [9.17, 15) is 4.79 Å². The lowest BCUT2D eigenvalue weighted by atomic mass is 10.2. The smallest absolute Gasteiger partial charge is 0.337 e. The molecule has 17 heavy (non-hydrogen) atoms. The summed E-state index contributed by atoms with van der Waals surface area (Å²) in [7, 11) is 0. The summed E-state index contributed by atoms with van der Waals surface area (Å²) < 4.78 is 0. The summed E-state index contributed by atoms with van der Waals surface area (Å²) in [5, 5.41) is 12.2. The molecular formula is C12H17N3O2. The first-order valence-corrected chi connectivity index (χ1v) is 5.87. The van der Waals surface area contributed by atoms with Gasteiger partial charge in [0.1, 0.15) is 5.82 Å². The number of aromatic nitrogens is 1. The van der Waals surface area contributed by atoms with Gasteiger partial charge in [-0.1, -0.05) is 13.3 Å². The number of nitrogens with one attached hydrogen (secondary N) is 1. The Morgan fingerprint density at radius 3 is 3.12 bits per heavy atom. The first-order chi connectivity index (χ1) is 8.11. The third kappa shape index (κ3) is 2.67. The first-order valence-electron chi connectivity index (χ1n) is 5.87. The zero-order valence-electron chi connectivity index (χ0n) is 9.81. The van der Waals surface area contributed by atoms with E-state index in [-0.39, 0.29) is 11.3 Å². The maximum atomic E-state index is 10.9. The second-order valence-electron chi connectivity index (χ2n) is 4.50. The second-order valence-corrected chi connectivity index (χ2v) is 4.50. The van der Waals surface area contributed by atoms with E-state index in [0.29, 0.717) is 17.8 Å². The molecule has 2 atom stereocenters. The predicted octanol–water partition coefficient (Wildman–Crippen LogP) is 1.96. The van der Waals surface area contributed by atoms with Crippen molar-refractivity contribution >= 4 is 17.5 Å². The van der Waals surface area contributed by atoms with Crippen LogP contribution in [-0.2, 0) is 0 Å². The van der Waals surface area contributed by atoms with Gasteiger partial charge in [-0.25, -0.2) is 9.78 Å². The van der Waals surface area contributed by atoms with Gasteiger partial charge in [0.2, 0.25) is 0 Å². The summed E-state index contributed by atoms with van der Waals surface area (Å²) in [5.41, 5.74) is 5.85. The Kier molecular flexibility index (Phi) is 3.17. The minimum absolute atomic E-state index is 0.107. The lowest BCUT2D eigenvalue weighted by Gasteiger charge is -2.07. The van der Waals surface area contributed by atoms with Crippen molar-refractivity contribution in [2.75, 3.05) is 11.1 Å². The van der Waals surface area contributed by atoms with Gasteiger partial charge in [-0.3, -0.25) is 0 Å². The Morgan fingerprint density at radius 1 is 1.71 bits per heavy atom. The molecule has 5 nitrogen and oxygen atoms in total. The number of nitrogens with two attached hydrogens (primary N) is 1. The van der Waals surface area contributed by atoms with Crippen LogP contribution < -0.4 is 11.1 Å². The number of rotatable bonds is 5. The molecule has 0 aromatic carbocycles. The van der Waals surface area contributed by atoms with E-state index in [0.717, 1.165) is 6.42 Å². The Labute approximate surface area is 100 Å². The van der Waals surface area contributed by atoms with Crippen LogP contribution in [-0.4, -0.2) is 22.1 Å². The van der Waals surface area contributed by atoms with Crippen LogP contribution in [0.25, 0.3) is 0 Å². The quantitative estimate of drug-likeness (QED) is 0.726. The monoisotopic (exact) mass is 235 g/mol. The van der Waals surface area contributed by atoms with E-state index in [1.807, 2.05) is 0 Å². The van der Waals surface area contributed by atoms with Crippen molar-refractivity contribution in [2.24, 2.45) is 5.92 Å². The van der Waals surface area contributed by atoms with Crippen molar-refractivity contribution in [2.45, 2.75) is 32.2 Å². The summed E-state index contributed by atoms with van der Waals surface area (Å²) in [4.78, 5) is 15.0. The van der Waals surface area contributed by atoms with Gasteiger partial charge in [-0.05, 0) is 24.8 Å². The van der Waals surface area contributed by atoms with Crippen LogP contribution in [0.3, 0.4) is 0 Å². The fraction of sp³-hybridized carbons (Fsp3) is 0.500. The van der Waals surface area contributed by atoms with Crippen molar-refractivity contribution in [1.29, 1.82) is 0 Å². The average Bonchev–Trinajstić information content (AvgIpc) is 2.99. The van der Waals surface area contributed by atoms with Gasteiger partial charge >= 0.3 is 5.97 Å². The SMILES string of the molecule is CCCC1CC1Nc1cc(C(=O)O)c(N)cn1. The topological polar surface area (TPSA) is 88.2 Å². The molecule has 92 valence electrons. The number of nitrogens with zero attached hydrogens (tertiary/aromatic N) is 1. The van der Waals surface area contributed by atoms with E-state index in [1.165, 1.54) is 25.1 Å². The highest BCUT2D eigenvalue weighted by Crippen LogP contribution is 2.37. The van der Waals surface area contributed by atoms with E-state index >= 15 is 0 Å². The molecule has 1 fully saturated rings. The lowest BCUT2D eigenvalue weighted by Crippen LogP contribution is -2.09. The Balaban J connectivity index is 2.03. The molecule has 0 aliphatic heterocycles. The van der Waals surface area contributed by atoms with Crippen molar-refractivity contribution in [3.05, 3.63) is 17.8 Å². The fourth-order valence-electron chi connectivity index (χ4n) is 2.03. The maximum absolute atomic E-state index is 10.9. The minimum atomic E-state index is -1.02. The molecule has 0 spiro atoms. The highest BCUT2D eigenvalue weighted by molar-refractivity contribution is 5.94. The van der Waals surface area contributed by atoms with Gasteiger partial charge in [-0.15, -0.1) is 0 Å². The van der Waals surface area contributed by atoms with E-state index in [4.69, 9.17) is 10.8 Å². The predicted molar refractivity (Wildman–Crippen MR) is 66.0 cm³/mol. The zero-order chi connectivity index (χ0) is 12.4. The molecule has 0 amide bonds. The molecule has 0 saturated heterocycles. The molecule has 1 saturated carbocycles. The molecule has 2 unspecified atom stereocenters. The Morgan fingerprint density at radius 2 is 2.47 bits per heavy atom. The van der Waals surface area contributed by atoms with Crippen LogP contribution in [0.1, 0.15) is 36.5 Å². The zero-order valence-corrected chi connectivity index (χ0v) is 9.81. The Bertz CT molecular complexity index is 434. The third-order valence-electron chi connectivity index (χ3n) is 3.08. The molecule has 4 N–H and O–H groups in total. The summed E-state index contributed by atoms with van der Waals surface area (Å²) in [6.07, 6.45) is 4.92. The minimum Gasteiger partial charge on any atom is -0.478 e. The molecule has 2 rings (SSSR count). The molecule has 0 bridgehead atoms. The van der Waals surface area contributed by atoms with E-state index in [1.54, 1.807) is 0 Å². The normalized spacial score (nSPS) is 22.2. The van der Waals surface area contributed by atoms with Gasteiger partial charge in [-0.2, -0.15) is 0 Å². The van der Waals surface area contributed by atoms with Gasteiger partial charge in [0, 0.05) is 6.04 Å². The van der Waals surface area contributed by atoms with Crippen molar-refractivity contribution in [1.82, 2.24) is 4.98 Å². The van der Waals surface area contributed by atoms with Crippen molar-refractivity contribution in [3.63, 3.8) is 0 Å². The van der Waals surface area contributed by atoms with Crippen LogP contribution in [0.2, 0.25) is 0 Å². The van der Waals surface area contributed by atoms with Crippen LogP contribution in [0.5, 0.6) is 0 Å². The summed E-state index contributed by atoms with van der Waals surface area (Å²) in [6, 6.07) is 1.94. The van der Waals surface area contributed by atoms with Gasteiger partial charge in [0.25, 0.3) is 0 Å². The number of carboxylic acid groups (broad SMARTS) is 1. The van der Waals surface area contributed by atoms with E-state index in [2.05, 4.69) is 17.2 Å². The third-order valence-corrected chi connectivity index (χ3v) is 3.08. The molecule has 1 aromatic heterocycles. The molecule has 0 radical (unpaired) electrons. The highest BCUT2D eigenvalue weighted by atomic mass is 16.4. The molecular weight excluding hydrogens is 218 g/mol. The number of pyridine rings is 1. The summed E-state index contributed by atoms with van der Waals surface area (Å²) >= 11 is 0. The van der Waals surface area contributed by atoms with Crippen LogP contribution in [0.4, 0.5) is 11.5 Å². The number of hydrogen-bond acceptors (Lipinski definition) is 4. The average molecular weight is 235 g/mol. The van der Waals surface area contributed by atoms with Gasteiger partial charge in [0.15, 0.2) is 0 Å². The van der Waals surface area contributed by atoms with Gasteiger partial charge in [0.05, 0.1) is 17.4 Å². The molecule has 5 heteroatoms. The van der Waals surface area contributed by atoms with Crippen LogP contribution >= 0.6 is 0 Å². The number of carbonyl (C=O) groups is 1. The number of anilines is 2. The molecule has 1 aliphatic carbocycles.